The van der Waals surface area contributed by atoms with Crippen LogP contribution in [0.25, 0.3) is 0 Å². The van der Waals surface area contributed by atoms with Gasteiger partial charge in [-0.1, -0.05) is 0 Å². The molecule has 0 unspecified atom stereocenters. The summed E-state index contributed by atoms with van der Waals surface area (Å²) in [5, 5.41) is 58.6. The molecule has 13 nitrogen and oxygen atoms in total. The summed E-state index contributed by atoms with van der Waals surface area (Å²) in [6.07, 6.45) is 0. The number of carboxylic acid groups (broad SMARTS) is 2. The number of hydrogen-bond donors (Lipinski definition) is 6. The van der Waals surface area contributed by atoms with Crippen molar-refractivity contribution in [2.75, 3.05) is 10.6 Å². The molecule has 0 saturated heterocycles. The summed E-state index contributed by atoms with van der Waals surface area (Å²) in [7, 11) is 0. The van der Waals surface area contributed by atoms with E-state index in [1.165, 1.54) is 36.4 Å². The van der Waals surface area contributed by atoms with Crippen LogP contribution in [-0.4, -0.2) is 97.5 Å². The van der Waals surface area contributed by atoms with Gasteiger partial charge in [0, 0.05) is 70.5 Å². The molecule has 0 aliphatic carbocycles. The van der Waals surface area contributed by atoms with Crippen LogP contribution in [0.1, 0.15) is 20.7 Å². The van der Waals surface area contributed by atoms with Gasteiger partial charge in [0.1, 0.15) is 22.6 Å². The van der Waals surface area contributed by atoms with E-state index in [-0.39, 0.29) is 93.1 Å². The standard InChI is InChI=1S/C27H20N6O7.2Na/c34-23-11-9-19(13-21(23)25(36)37)32-30-17-5-1-15(2-6-17)28-27(40)29-16-3-7-18(8-4-16)31-33-20-10-12-24(35)22(14-20)26(38)39;;/h1-14,34-35H,(H,36,37)(H,38,39)(H2,28,29,40);;. The molecule has 0 spiro atoms. The second-order valence-corrected chi connectivity index (χ2v) is 8.09. The number of benzene rings is 4. The molecule has 0 aromatic heterocycles. The van der Waals surface area contributed by atoms with Gasteiger partial charge in [-0.25, -0.2) is 14.4 Å². The SMILES string of the molecule is O=C(Nc1ccc(N=Nc2ccc(O)c(C(=O)O)c2)cc1)Nc1ccc(N=Nc2ccc(O)c(C(=O)O)c2)cc1.[Na].[Na]. The van der Waals surface area contributed by atoms with Gasteiger partial charge in [0.2, 0.25) is 0 Å². The number of anilines is 2. The molecule has 0 atom stereocenters. The number of nitrogens with zero attached hydrogens (tertiary/aromatic N) is 4. The molecular weight excluding hydrogens is 566 g/mol. The van der Waals surface area contributed by atoms with Crippen LogP contribution in [0, 0.1) is 0 Å². The van der Waals surface area contributed by atoms with Gasteiger partial charge < -0.3 is 31.1 Å². The second kappa shape index (κ2) is 15.8. The number of carbonyl (C=O) groups excluding carboxylic acids is 1. The Hall–Kier alpha value is -4.11. The molecule has 6 N–H and O–H groups in total. The van der Waals surface area contributed by atoms with Crippen molar-refractivity contribution < 1.29 is 34.8 Å². The van der Waals surface area contributed by atoms with E-state index < -0.39 is 18.0 Å². The van der Waals surface area contributed by atoms with Gasteiger partial charge in [-0.3, -0.25) is 0 Å². The molecule has 4 rings (SSSR count). The first-order valence-electron chi connectivity index (χ1n) is 11.4. The molecule has 2 radical (unpaired) electrons. The maximum atomic E-state index is 12.4. The van der Waals surface area contributed by atoms with E-state index in [4.69, 9.17) is 10.2 Å². The Bertz CT molecular complexity index is 1530. The Balaban J connectivity index is 0.00000308. The van der Waals surface area contributed by atoms with E-state index >= 15 is 0 Å². The van der Waals surface area contributed by atoms with Crippen LogP contribution in [0.4, 0.5) is 38.9 Å². The fourth-order valence-electron chi connectivity index (χ4n) is 3.26. The topological polar surface area (TPSA) is 206 Å². The largest absolute Gasteiger partial charge is 0.507 e. The number of nitrogens with one attached hydrogen (secondary N) is 2. The molecule has 0 saturated carbocycles. The first-order valence-corrected chi connectivity index (χ1v) is 11.4. The number of hydrogen-bond acceptors (Lipinski definition) is 9. The smallest absolute Gasteiger partial charge is 0.339 e. The van der Waals surface area contributed by atoms with Gasteiger partial charge in [-0.05, 0) is 84.9 Å². The summed E-state index contributed by atoms with van der Waals surface area (Å²) in [6.45, 7) is 0. The molecule has 42 heavy (non-hydrogen) atoms. The fourth-order valence-corrected chi connectivity index (χ4v) is 3.26. The third-order valence-electron chi connectivity index (χ3n) is 5.23. The van der Waals surface area contributed by atoms with Crippen molar-refractivity contribution in [3.05, 3.63) is 96.1 Å². The van der Waals surface area contributed by atoms with E-state index in [9.17, 15) is 24.6 Å². The zero-order valence-corrected chi connectivity index (χ0v) is 26.4. The van der Waals surface area contributed by atoms with Crippen molar-refractivity contribution in [1.29, 1.82) is 0 Å². The minimum atomic E-state index is -1.28. The number of phenols is 2. The summed E-state index contributed by atoms with van der Waals surface area (Å²) in [6, 6.07) is 20.0. The molecule has 0 bridgehead atoms. The number of aromatic carboxylic acids is 2. The zero-order valence-electron chi connectivity index (χ0n) is 22.4. The van der Waals surface area contributed by atoms with Crippen LogP contribution in [-0.2, 0) is 0 Å². The third-order valence-corrected chi connectivity index (χ3v) is 5.23. The molecule has 0 aliphatic rings. The van der Waals surface area contributed by atoms with E-state index in [0.717, 1.165) is 0 Å². The summed E-state index contributed by atoms with van der Waals surface area (Å²) >= 11 is 0. The van der Waals surface area contributed by atoms with Gasteiger partial charge in [-0.15, -0.1) is 0 Å². The molecule has 4 aromatic carbocycles. The Morgan fingerprint density at radius 3 is 1.14 bits per heavy atom. The van der Waals surface area contributed by atoms with Crippen molar-refractivity contribution in [3.63, 3.8) is 0 Å². The van der Waals surface area contributed by atoms with Crippen molar-refractivity contribution >= 4 is 111 Å². The van der Waals surface area contributed by atoms with Crippen molar-refractivity contribution in [2.24, 2.45) is 20.5 Å². The van der Waals surface area contributed by atoms with Crippen molar-refractivity contribution in [2.45, 2.75) is 0 Å². The molecule has 202 valence electrons. The predicted molar refractivity (Wildman–Crippen MR) is 156 cm³/mol. The number of rotatable bonds is 8. The van der Waals surface area contributed by atoms with Crippen LogP contribution in [0.2, 0.25) is 0 Å². The van der Waals surface area contributed by atoms with E-state index in [0.29, 0.717) is 22.7 Å². The van der Waals surface area contributed by atoms with Gasteiger partial charge in [0.05, 0.1) is 22.7 Å². The zero-order chi connectivity index (χ0) is 28.6. The fraction of sp³-hybridized carbons (Fsp3) is 0. The van der Waals surface area contributed by atoms with Crippen LogP contribution >= 0.6 is 0 Å². The Labute approximate surface area is 282 Å². The van der Waals surface area contributed by atoms with Crippen LogP contribution in [0.15, 0.2) is 105 Å². The van der Waals surface area contributed by atoms with Gasteiger partial charge >= 0.3 is 18.0 Å². The summed E-state index contributed by atoms with van der Waals surface area (Å²) < 4.78 is 0. The third kappa shape index (κ3) is 9.48. The normalized spacial score (nSPS) is 10.5. The van der Waals surface area contributed by atoms with Crippen LogP contribution in [0.5, 0.6) is 11.5 Å². The average Bonchev–Trinajstić information content (AvgIpc) is 2.93. The average molecular weight is 586 g/mol. The number of urea groups is 1. The molecule has 0 heterocycles. The first-order chi connectivity index (χ1) is 19.2. The quantitative estimate of drug-likeness (QED) is 0.104. The Kier molecular flexibility index (Phi) is 12.8. The molecule has 0 fully saturated rings. The van der Waals surface area contributed by atoms with Crippen LogP contribution < -0.4 is 10.6 Å². The van der Waals surface area contributed by atoms with Crippen molar-refractivity contribution in [3.8, 4) is 11.5 Å². The Morgan fingerprint density at radius 2 is 0.810 bits per heavy atom. The maximum Gasteiger partial charge on any atom is 0.339 e. The number of amides is 2. The van der Waals surface area contributed by atoms with Gasteiger partial charge in [0.15, 0.2) is 0 Å². The van der Waals surface area contributed by atoms with Crippen molar-refractivity contribution in [1.82, 2.24) is 0 Å². The number of azo groups is 2. The molecule has 0 aliphatic heterocycles. The number of carboxylic acids is 2. The van der Waals surface area contributed by atoms with Gasteiger partial charge in [-0.2, -0.15) is 20.5 Å². The number of aromatic hydroxyl groups is 2. The van der Waals surface area contributed by atoms with Gasteiger partial charge in [0.25, 0.3) is 0 Å². The minimum absolute atomic E-state index is 0. The van der Waals surface area contributed by atoms with E-state index in [2.05, 4.69) is 31.1 Å². The monoisotopic (exact) mass is 586 g/mol. The Morgan fingerprint density at radius 1 is 0.500 bits per heavy atom. The minimum Gasteiger partial charge on any atom is -0.507 e. The summed E-state index contributed by atoms with van der Waals surface area (Å²) in [4.78, 5) is 34.6. The first kappa shape index (κ1) is 34.1. The molecule has 4 aromatic rings. The van der Waals surface area contributed by atoms with E-state index in [1.54, 1.807) is 48.5 Å². The number of carbonyl (C=O) groups is 3. The van der Waals surface area contributed by atoms with E-state index in [1.807, 2.05) is 0 Å². The summed E-state index contributed by atoms with van der Waals surface area (Å²) in [5.74, 6) is -3.31. The molecule has 2 amide bonds. The molecular formula is C27H20N6Na2O7. The maximum absolute atomic E-state index is 12.4. The summed E-state index contributed by atoms with van der Waals surface area (Å²) in [5.41, 5.74) is 1.79. The molecule has 15 heteroatoms. The van der Waals surface area contributed by atoms with Crippen LogP contribution in [0.3, 0.4) is 0 Å². The second-order valence-electron chi connectivity index (χ2n) is 8.09. The predicted octanol–water partition coefficient (Wildman–Crippen LogP) is 6.21.